The van der Waals surface area contributed by atoms with Crippen molar-refractivity contribution in [2.45, 2.75) is 26.8 Å². The molecule has 5 heteroatoms. The van der Waals surface area contributed by atoms with Crippen molar-refractivity contribution >= 4 is 9.84 Å². The van der Waals surface area contributed by atoms with Crippen LogP contribution in [0.2, 0.25) is 0 Å². The summed E-state index contributed by atoms with van der Waals surface area (Å²) < 4.78 is 21.7. The zero-order chi connectivity index (χ0) is 11.9. The average molecular weight is 236 g/mol. The van der Waals surface area contributed by atoms with Gasteiger partial charge in [0.05, 0.1) is 5.75 Å². The van der Waals surface area contributed by atoms with Gasteiger partial charge in [0.2, 0.25) is 0 Å². The van der Waals surface area contributed by atoms with Gasteiger partial charge < -0.3 is 10.6 Å². The minimum absolute atomic E-state index is 0.210. The lowest BCUT2D eigenvalue weighted by Gasteiger charge is -2.15. The van der Waals surface area contributed by atoms with Gasteiger partial charge in [0, 0.05) is 25.4 Å². The van der Waals surface area contributed by atoms with Crippen LogP contribution in [0.15, 0.2) is 0 Å². The molecule has 0 fully saturated rings. The monoisotopic (exact) mass is 236 g/mol. The molecule has 2 N–H and O–H groups in total. The van der Waals surface area contributed by atoms with Crippen molar-refractivity contribution in [2.24, 2.45) is 5.92 Å². The summed E-state index contributed by atoms with van der Waals surface area (Å²) >= 11 is 0. The largest absolute Gasteiger partial charge is 0.315 e. The molecule has 1 atom stereocenters. The van der Waals surface area contributed by atoms with Gasteiger partial charge in [0.25, 0.3) is 0 Å². The summed E-state index contributed by atoms with van der Waals surface area (Å²) in [6.07, 6.45) is 1.26. The molecule has 0 aromatic rings. The standard InChI is InChI=1S/C10H24N2O2S/c1-9(2)7-11-8-10(3)12-5-6-15(4,13)14/h9-12H,5-8H2,1-4H3. The average Bonchev–Trinajstić information content (AvgIpc) is 2.00. The molecule has 0 aliphatic heterocycles. The number of nitrogens with one attached hydrogen (secondary N) is 2. The molecule has 0 amide bonds. The third kappa shape index (κ3) is 11.8. The van der Waals surface area contributed by atoms with Crippen LogP contribution < -0.4 is 10.6 Å². The minimum Gasteiger partial charge on any atom is -0.315 e. The molecule has 0 heterocycles. The number of rotatable bonds is 8. The van der Waals surface area contributed by atoms with Crippen LogP contribution in [0.3, 0.4) is 0 Å². The zero-order valence-electron chi connectivity index (χ0n) is 10.2. The Morgan fingerprint density at radius 1 is 1.13 bits per heavy atom. The normalized spacial score (nSPS) is 14.5. The first-order chi connectivity index (χ1) is 6.81. The summed E-state index contributed by atoms with van der Waals surface area (Å²) in [7, 11) is -2.84. The van der Waals surface area contributed by atoms with Crippen molar-refractivity contribution < 1.29 is 8.42 Å². The van der Waals surface area contributed by atoms with E-state index in [1.165, 1.54) is 6.26 Å². The van der Waals surface area contributed by atoms with Gasteiger partial charge in [-0.15, -0.1) is 0 Å². The van der Waals surface area contributed by atoms with E-state index in [4.69, 9.17) is 0 Å². The van der Waals surface area contributed by atoms with Crippen LogP contribution in [-0.2, 0) is 9.84 Å². The van der Waals surface area contributed by atoms with E-state index in [1.807, 2.05) is 0 Å². The van der Waals surface area contributed by atoms with Crippen LogP contribution in [0.4, 0.5) is 0 Å². The lowest BCUT2D eigenvalue weighted by Crippen LogP contribution is -2.39. The summed E-state index contributed by atoms with van der Waals surface area (Å²) in [5.41, 5.74) is 0. The molecule has 0 radical (unpaired) electrons. The summed E-state index contributed by atoms with van der Waals surface area (Å²) in [6, 6.07) is 0.311. The fourth-order valence-electron chi connectivity index (χ4n) is 1.15. The molecule has 4 nitrogen and oxygen atoms in total. The van der Waals surface area contributed by atoms with E-state index < -0.39 is 9.84 Å². The summed E-state index contributed by atoms with van der Waals surface area (Å²) in [5.74, 6) is 0.856. The Kier molecular flexibility index (Phi) is 7.13. The van der Waals surface area contributed by atoms with Gasteiger partial charge in [-0.25, -0.2) is 8.42 Å². The van der Waals surface area contributed by atoms with E-state index in [0.29, 0.717) is 18.5 Å². The molecule has 15 heavy (non-hydrogen) atoms. The Balaban J connectivity index is 3.45. The van der Waals surface area contributed by atoms with Gasteiger partial charge in [-0.2, -0.15) is 0 Å². The van der Waals surface area contributed by atoms with Gasteiger partial charge in [-0.1, -0.05) is 13.8 Å². The maximum Gasteiger partial charge on any atom is 0.148 e. The van der Waals surface area contributed by atoms with E-state index >= 15 is 0 Å². The van der Waals surface area contributed by atoms with Gasteiger partial charge in [0.1, 0.15) is 9.84 Å². The lowest BCUT2D eigenvalue weighted by atomic mass is 10.2. The topological polar surface area (TPSA) is 58.2 Å². The van der Waals surface area contributed by atoms with E-state index in [1.54, 1.807) is 0 Å². The summed E-state index contributed by atoms with van der Waals surface area (Å²) in [4.78, 5) is 0. The van der Waals surface area contributed by atoms with Crippen LogP contribution in [0.5, 0.6) is 0 Å². The highest BCUT2D eigenvalue weighted by molar-refractivity contribution is 7.90. The Hall–Kier alpha value is -0.130. The number of hydrogen-bond acceptors (Lipinski definition) is 4. The first-order valence-electron chi connectivity index (χ1n) is 5.43. The van der Waals surface area contributed by atoms with Gasteiger partial charge in [0.15, 0.2) is 0 Å². The SMILES string of the molecule is CC(C)CNCC(C)NCCS(C)(=O)=O. The van der Waals surface area contributed by atoms with Crippen LogP contribution in [-0.4, -0.2) is 46.1 Å². The fourth-order valence-corrected chi connectivity index (χ4v) is 1.64. The highest BCUT2D eigenvalue weighted by atomic mass is 32.2. The summed E-state index contributed by atoms with van der Waals surface area (Å²) in [6.45, 7) is 8.78. The molecule has 0 rings (SSSR count). The third-order valence-electron chi connectivity index (χ3n) is 1.97. The predicted octanol–water partition coefficient (Wildman–Crippen LogP) is 0.255. The smallest absolute Gasteiger partial charge is 0.148 e. The van der Waals surface area contributed by atoms with Crippen molar-refractivity contribution in [2.75, 3.05) is 31.6 Å². The zero-order valence-corrected chi connectivity index (χ0v) is 11.0. The van der Waals surface area contributed by atoms with E-state index in [-0.39, 0.29) is 5.75 Å². The maximum atomic E-state index is 10.9. The van der Waals surface area contributed by atoms with Crippen LogP contribution in [0.1, 0.15) is 20.8 Å². The molecule has 0 saturated carbocycles. The molecule has 0 aliphatic carbocycles. The van der Waals surface area contributed by atoms with Gasteiger partial charge >= 0.3 is 0 Å². The van der Waals surface area contributed by atoms with Crippen LogP contribution in [0, 0.1) is 5.92 Å². The molecule has 0 aromatic carbocycles. The Labute approximate surface area is 93.7 Å². The van der Waals surface area contributed by atoms with Crippen molar-refractivity contribution in [3.05, 3.63) is 0 Å². The first kappa shape index (κ1) is 14.9. The van der Waals surface area contributed by atoms with Gasteiger partial charge in [-0.3, -0.25) is 0 Å². The van der Waals surface area contributed by atoms with Gasteiger partial charge in [-0.05, 0) is 19.4 Å². The minimum atomic E-state index is -2.84. The highest BCUT2D eigenvalue weighted by Crippen LogP contribution is 1.88. The third-order valence-corrected chi connectivity index (χ3v) is 2.91. The Morgan fingerprint density at radius 2 is 1.73 bits per heavy atom. The second-order valence-electron chi connectivity index (χ2n) is 4.54. The Morgan fingerprint density at radius 3 is 2.20 bits per heavy atom. The van der Waals surface area contributed by atoms with Crippen molar-refractivity contribution in [1.29, 1.82) is 0 Å². The van der Waals surface area contributed by atoms with Crippen molar-refractivity contribution in [3.63, 3.8) is 0 Å². The lowest BCUT2D eigenvalue weighted by molar-refractivity contribution is 0.480. The molecule has 1 unspecified atom stereocenters. The van der Waals surface area contributed by atoms with E-state index in [0.717, 1.165) is 13.1 Å². The Bertz CT molecular complexity index is 250. The molecular formula is C10H24N2O2S. The van der Waals surface area contributed by atoms with E-state index in [2.05, 4.69) is 31.4 Å². The second kappa shape index (κ2) is 7.19. The van der Waals surface area contributed by atoms with Crippen LogP contribution >= 0.6 is 0 Å². The molecule has 0 aromatic heterocycles. The molecule has 0 spiro atoms. The molecule has 92 valence electrons. The maximum absolute atomic E-state index is 10.9. The van der Waals surface area contributed by atoms with Crippen molar-refractivity contribution in [3.8, 4) is 0 Å². The predicted molar refractivity (Wildman–Crippen MR) is 64.9 cm³/mol. The second-order valence-corrected chi connectivity index (χ2v) is 6.80. The highest BCUT2D eigenvalue weighted by Gasteiger charge is 2.04. The fraction of sp³-hybridized carbons (Fsp3) is 1.00. The number of sulfone groups is 1. The molecule has 0 saturated heterocycles. The van der Waals surface area contributed by atoms with Crippen molar-refractivity contribution in [1.82, 2.24) is 10.6 Å². The molecule has 0 aliphatic rings. The molecular weight excluding hydrogens is 212 g/mol. The quantitative estimate of drug-likeness (QED) is 0.634. The van der Waals surface area contributed by atoms with Crippen LogP contribution in [0.25, 0.3) is 0 Å². The van der Waals surface area contributed by atoms with E-state index in [9.17, 15) is 8.42 Å². The first-order valence-corrected chi connectivity index (χ1v) is 7.49. The molecule has 0 bridgehead atoms. The summed E-state index contributed by atoms with van der Waals surface area (Å²) in [5, 5.41) is 6.49. The number of hydrogen-bond donors (Lipinski definition) is 2.